The number of anilines is 2. The van der Waals surface area contributed by atoms with E-state index in [1.165, 1.54) is 0 Å². The van der Waals surface area contributed by atoms with Gasteiger partial charge in [-0.15, -0.1) is 6.58 Å². The van der Waals surface area contributed by atoms with E-state index in [4.69, 9.17) is 11.6 Å². The largest absolute Gasteiger partial charge is 0.351 e. The van der Waals surface area contributed by atoms with Gasteiger partial charge < -0.3 is 10.6 Å². The van der Waals surface area contributed by atoms with Gasteiger partial charge in [0.15, 0.2) is 0 Å². The van der Waals surface area contributed by atoms with Crippen LogP contribution in [0, 0.1) is 0 Å². The lowest BCUT2D eigenvalue weighted by molar-refractivity contribution is 1.01. The molecule has 1 aromatic heterocycles. The predicted octanol–water partition coefficient (Wildman–Crippen LogP) is 2.11. The number of rotatable bonds is 6. The molecule has 0 spiro atoms. The Hall–Kier alpha value is -1.62. The van der Waals surface area contributed by atoms with Crippen molar-refractivity contribution in [2.24, 2.45) is 0 Å². The van der Waals surface area contributed by atoms with E-state index in [1.54, 1.807) is 6.08 Å². The Balaban J connectivity index is 2.72. The van der Waals surface area contributed by atoms with Crippen LogP contribution in [0.3, 0.4) is 0 Å². The summed E-state index contributed by atoms with van der Waals surface area (Å²) in [6.07, 6.45) is 1.71. The van der Waals surface area contributed by atoms with Gasteiger partial charge in [0.2, 0.25) is 17.2 Å². The molecule has 1 rings (SSSR count). The second-order valence-corrected chi connectivity index (χ2v) is 3.57. The van der Waals surface area contributed by atoms with Crippen LogP contribution in [0.5, 0.6) is 0 Å². The van der Waals surface area contributed by atoms with Crippen molar-refractivity contribution in [2.75, 3.05) is 23.7 Å². The molecule has 2 N–H and O–H groups in total. The van der Waals surface area contributed by atoms with Gasteiger partial charge in [0.05, 0.1) is 0 Å². The third-order valence-corrected chi connectivity index (χ3v) is 1.73. The highest BCUT2D eigenvalue weighted by Gasteiger charge is 2.03. The summed E-state index contributed by atoms with van der Waals surface area (Å²) in [5.41, 5.74) is 0.983. The molecule has 86 valence electrons. The predicted molar refractivity (Wildman–Crippen MR) is 66.8 cm³/mol. The van der Waals surface area contributed by atoms with Crippen LogP contribution in [-0.4, -0.2) is 28.0 Å². The lowest BCUT2D eigenvalue weighted by Gasteiger charge is -2.06. The van der Waals surface area contributed by atoms with Gasteiger partial charge in [-0.1, -0.05) is 18.2 Å². The Morgan fingerprint density at radius 3 is 2.50 bits per heavy atom. The van der Waals surface area contributed by atoms with Crippen molar-refractivity contribution in [3.63, 3.8) is 0 Å². The van der Waals surface area contributed by atoms with Crippen molar-refractivity contribution in [1.29, 1.82) is 0 Å². The first-order chi connectivity index (χ1) is 7.61. The monoisotopic (exact) mass is 239 g/mol. The van der Waals surface area contributed by atoms with Crippen LogP contribution in [0.25, 0.3) is 0 Å². The number of hydrogen-bond acceptors (Lipinski definition) is 5. The standard InChI is InChI=1S/C10H14ClN5/c1-4-5-12-9-14-8(11)15-10(16-9)13-6-7(2)3/h4H,1-2,5-6H2,3H3,(H2,12,13,14,15,16). The summed E-state index contributed by atoms with van der Waals surface area (Å²) in [5, 5.41) is 6.07. The molecule has 0 saturated heterocycles. The molecule has 0 saturated carbocycles. The second-order valence-electron chi connectivity index (χ2n) is 3.23. The van der Waals surface area contributed by atoms with E-state index in [1.807, 2.05) is 6.92 Å². The summed E-state index contributed by atoms with van der Waals surface area (Å²) in [6, 6.07) is 0. The fourth-order valence-corrected chi connectivity index (χ4v) is 1.06. The van der Waals surface area contributed by atoms with Gasteiger partial charge in [-0.3, -0.25) is 0 Å². The summed E-state index contributed by atoms with van der Waals surface area (Å²) in [6.45, 7) is 10.4. The molecule has 0 fully saturated rings. The summed E-state index contributed by atoms with van der Waals surface area (Å²) in [4.78, 5) is 12.0. The molecule has 16 heavy (non-hydrogen) atoms. The van der Waals surface area contributed by atoms with E-state index in [0.717, 1.165) is 5.57 Å². The first-order valence-corrected chi connectivity index (χ1v) is 5.14. The molecule has 0 atom stereocenters. The number of nitrogens with one attached hydrogen (secondary N) is 2. The zero-order valence-electron chi connectivity index (χ0n) is 9.13. The maximum absolute atomic E-state index is 5.75. The molecule has 0 unspecified atom stereocenters. The molecule has 5 nitrogen and oxygen atoms in total. The maximum atomic E-state index is 5.75. The van der Waals surface area contributed by atoms with Crippen molar-refractivity contribution in [3.05, 3.63) is 30.1 Å². The van der Waals surface area contributed by atoms with E-state index >= 15 is 0 Å². The minimum Gasteiger partial charge on any atom is -0.351 e. The Morgan fingerprint density at radius 1 is 1.31 bits per heavy atom. The van der Waals surface area contributed by atoms with Crippen molar-refractivity contribution in [2.45, 2.75) is 6.92 Å². The van der Waals surface area contributed by atoms with E-state index in [-0.39, 0.29) is 5.28 Å². The second kappa shape index (κ2) is 6.07. The summed E-state index contributed by atoms with van der Waals surface area (Å²) < 4.78 is 0. The highest BCUT2D eigenvalue weighted by molar-refractivity contribution is 6.28. The van der Waals surface area contributed by atoms with Gasteiger partial charge in [-0.25, -0.2) is 0 Å². The lowest BCUT2D eigenvalue weighted by atomic mass is 10.3. The topological polar surface area (TPSA) is 62.7 Å². The van der Waals surface area contributed by atoms with E-state index in [9.17, 15) is 0 Å². The van der Waals surface area contributed by atoms with Crippen LogP contribution in [0.15, 0.2) is 24.8 Å². The molecular formula is C10H14ClN5. The molecule has 0 bridgehead atoms. The van der Waals surface area contributed by atoms with Gasteiger partial charge in [0.1, 0.15) is 0 Å². The van der Waals surface area contributed by atoms with Crippen LogP contribution in [-0.2, 0) is 0 Å². The lowest BCUT2D eigenvalue weighted by Crippen LogP contribution is -2.10. The summed E-state index contributed by atoms with van der Waals surface area (Å²) in [7, 11) is 0. The zero-order valence-corrected chi connectivity index (χ0v) is 9.88. The van der Waals surface area contributed by atoms with Crippen molar-refractivity contribution in [1.82, 2.24) is 15.0 Å². The highest BCUT2D eigenvalue weighted by atomic mass is 35.5. The Bertz CT molecular complexity index is 391. The van der Waals surface area contributed by atoms with Gasteiger partial charge in [-0.05, 0) is 18.5 Å². The Kier molecular flexibility index (Phi) is 4.72. The minimum absolute atomic E-state index is 0.144. The average molecular weight is 240 g/mol. The van der Waals surface area contributed by atoms with Crippen LogP contribution in [0.2, 0.25) is 5.28 Å². The summed E-state index contributed by atoms with van der Waals surface area (Å²) >= 11 is 5.75. The number of aromatic nitrogens is 3. The van der Waals surface area contributed by atoms with Gasteiger partial charge >= 0.3 is 0 Å². The van der Waals surface area contributed by atoms with Crippen molar-refractivity contribution in [3.8, 4) is 0 Å². The molecule has 0 aliphatic heterocycles. The Labute approximate surface area is 99.7 Å². The quantitative estimate of drug-likeness (QED) is 0.745. The van der Waals surface area contributed by atoms with Gasteiger partial charge in [0.25, 0.3) is 0 Å². The minimum atomic E-state index is 0.144. The Morgan fingerprint density at radius 2 is 1.94 bits per heavy atom. The van der Waals surface area contributed by atoms with Crippen molar-refractivity contribution < 1.29 is 0 Å². The van der Waals surface area contributed by atoms with E-state index < -0.39 is 0 Å². The molecule has 1 heterocycles. The van der Waals surface area contributed by atoms with Crippen molar-refractivity contribution >= 4 is 23.5 Å². The molecular weight excluding hydrogens is 226 g/mol. The maximum Gasteiger partial charge on any atom is 0.229 e. The third-order valence-electron chi connectivity index (χ3n) is 1.56. The normalized spacial score (nSPS) is 9.62. The fourth-order valence-electron chi connectivity index (χ4n) is 0.902. The zero-order chi connectivity index (χ0) is 12.0. The third kappa shape index (κ3) is 4.27. The van der Waals surface area contributed by atoms with Gasteiger partial charge in [0, 0.05) is 13.1 Å². The SMILES string of the molecule is C=CCNc1nc(Cl)nc(NCC(=C)C)n1. The van der Waals surface area contributed by atoms with Crippen LogP contribution in [0.4, 0.5) is 11.9 Å². The highest BCUT2D eigenvalue weighted by Crippen LogP contribution is 2.09. The summed E-state index contributed by atoms with van der Waals surface area (Å²) in [5.74, 6) is 0.846. The molecule has 0 radical (unpaired) electrons. The van der Waals surface area contributed by atoms with Crippen LogP contribution >= 0.6 is 11.6 Å². The molecule has 6 heteroatoms. The van der Waals surface area contributed by atoms with Gasteiger partial charge in [-0.2, -0.15) is 15.0 Å². The molecule has 0 amide bonds. The molecule has 0 aliphatic carbocycles. The van der Waals surface area contributed by atoms with E-state index in [2.05, 4.69) is 38.7 Å². The average Bonchev–Trinajstić information content (AvgIpc) is 2.23. The molecule has 0 aliphatic rings. The van der Waals surface area contributed by atoms with Crippen LogP contribution < -0.4 is 10.6 Å². The number of hydrogen-bond donors (Lipinski definition) is 2. The number of halogens is 1. The van der Waals surface area contributed by atoms with Crippen LogP contribution in [0.1, 0.15) is 6.92 Å². The number of nitrogens with zero attached hydrogens (tertiary/aromatic N) is 3. The molecule has 0 aromatic carbocycles. The van der Waals surface area contributed by atoms with E-state index in [0.29, 0.717) is 25.0 Å². The molecule has 1 aromatic rings. The smallest absolute Gasteiger partial charge is 0.229 e. The fraction of sp³-hybridized carbons (Fsp3) is 0.300. The first-order valence-electron chi connectivity index (χ1n) is 4.76. The first kappa shape index (κ1) is 12.4.